The molecule has 0 saturated heterocycles. The van der Waals surface area contributed by atoms with E-state index in [1.165, 1.54) is 10.3 Å². The number of rotatable bonds is 1. The molecule has 0 saturated carbocycles. The van der Waals surface area contributed by atoms with E-state index in [0.29, 0.717) is 0 Å². The van der Waals surface area contributed by atoms with Crippen molar-refractivity contribution in [1.29, 1.82) is 0 Å². The van der Waals surface area contributed by atoms with E-state index in [-0.39, 0.29) is 5.95 Å². The third-order valence-electron chi connectivity index (χ3n) is 0.651. The Balaban J connectivity index is 2.92. The highest BCUT2D eigenvalue weighted by molar-refractivity contribution is 8.67. The van der Waals surface area contributed by atoms with Gasteiger partial charge in [-0.25, -0.2) is 8.96 Å². The first-order chi connectivity index (χ1) is 3.84. The van der Waals surface area contributed by atoms with Crippen molar-refractivity contribution in [2.45, 2.75) is 0 Å². The molecule has 0 bridgehead atoms. The lowest BCUT2D eigenvalue weighted by molar-refractivity contribution is 0.580. The maximum atomic E-state index is 12.2. The molecule has 0 spiro atoms. The van der Waals surface area contributed by atoms with Crippen molar-refractivity contribution < 1.29 is 4.39 Å². The average molecular weight is 150 g/mol. The molecule has 2 nitrogen and oxygen atoms in total. The molecule has 0 radical (unpaired) electrons. The topological polar surface area (TPSA) is 17.8 Å². The van der Waals surface area contributed by atoms with E-state index in [4.69, 9.17) is 0 Å². The Kier molecular flexibility index (Phi) is 1.80. The van der Waals surface area contributed by atoms with Gasteiger partial charge in [-0.05, 0) is 0 Å². The monoisotopic (exact) mass is 150 g/mol. The van der Waals surface area contributed by atoms with Gasteiger partial charge in [0.05, 0.1) is 6.20 Å². The minimum absolute atomic E-state index is 0.384. The predicted molar refractivity (Wildman–Crippen MR) is 34.2 cm³/mol. The molecule has 0 unspecified atom stereocenters. The minimum Gasteiger partial charge on any atom is -0.241 e. The highest BCUT2D eigenvalue weighted by Crippen LogP contribution is 2.11. The van der Waals surface area contributed by atoms with Crippen LogP contribution in [0, 0.1) is 5.95 Å². The lowest BCUT2D eigenvalue weighted by Gasteiger charge is -1.88. The molecule has 0 aliphatic rings. The summed E-state index contributed by atoms with van der Waals surface area (Å²) in [5.41, 5.74) is 0. The van der Waals surface area contributed by atoms with Gasteiger partial charge < -0.3 is 0 Å². The van der Waals surface area contributed by atoms with Gasteiger partial charge in [-0.1, -0.05) is 11.7 Å². The van der Waals surface area contributed by atoms with Crippen LogP contribution in [0.3, 0.4) is 0 Å². The van der Waals surface area contributed by atoms with Gasteiger partial charge in [0.1, 0.15) is 6.33 Å². The Morgan fingerprint density at radius 3 is 2.88 bits per heavy atom. The van der Waals surface area contributed by atoms with Gasteiger partial charge in [-0.2, -0.15) is 4.39 Å². The third-order valence-corrected chi connectivity index (χ3v) is 1.62. The van der Waals surface area contributed by atoms with Crippen molar-refractivity contribution in [3.05, 3.63) is 18.5 Å². The van der Waals surface area contributed by atoms with Crippen molar-refractivity contribution in [1.82, 2.24) is 8.96 Å². The zero-order chi connectivity index (χ0) is 5.98. The Morgan fingerprint density at radius 2 is 2.62 bits per heavy atom. The Morgan fingerprint density at radius 1 is 1.88 bits per heavy atom. The fourth-order valence-corrected chi connectivity index (χ4v) is 0.910. The molecule has 0 aromatic carbocycles. The smallest absolute Gasteiger partial charge is 0.224 e. The summed E-state index contributed by atoms with van der Waals surface area (Å²) in [6, 6.07) is 0. The second-order valence-corrected chi connectivity index (χ2v) is 2.17. The van der Waals surface area contributed by atoms with Crippen LogP contribution in [-0.2, 0) is 0 Å². The molecule has 0 N–H and O–H groups in total. The van der Waals surface area contributed by atoms with Gasteiger partial charge in [0.15, 0.2) is 0 Å². The Hall–Kier alpha value is -0.160. The number of hydrogen-bond acceptors (Lipinski definition) is 3. The summed E-state index contributed by atoms with van der Waals surface area (Å²) in [5, 5.41) is 0. The normalized spacial score (nSPS) is 9.75. The SMILES string of the molecule is Fc1cncn1SS. The van der Waals surface area contributed by atoms with E-state index < -0.39 is 0 Å². The number of nitrogens with zero attached hydrogens (tertiary/aromatic N) is 2. The first-order valence-electron chi connectivity index (χ1n) is 1.84. The standard InChI is InChI=1S/C3H3FN2S2/c4-3-1-5-2-6(3)8-7/h1-2,7H. The van der Waals surface area contributed by atoms with Crippen LogP contribution in [0.4, 0.5) is 4.39 Å². The number of hydrogen-bond donors (Lipinski definition) is 1. The molecule has 0 fully saturated rings. The molecule has 0 amide bonds. The molecule has 0 atom stereocenters. The van der Waals surface area contributed by atoms with Crippen LogP contribution in [0.25, 0.3) is 0 Å². The summed E-state index contributed by atoms with van der Waals surface area (Å²) in [6.45, 7) is 0. The van der Waals surface area contributed by atoms with Crippen molar-refractivity contribution in [2.75, 3.05) is 0 Å². The summed E-state index contributed by atoms with van der Waals surface area (Å²) in [4.78, 5) is 3.51. The van der Waals surface area contributed by atoms with E-state index in [1.807, 2.05) is 0 Å². The zero-order valence-corrected chi connectivity index (χ0v) is 5.49. The molecular weight excluding hydrogens is 147 g/mol. The van der Waals surface area contributed by atoms with Gasteiger partial charge >= 0.3 is 0 Å². The highest BCUT2D eigenvalue weighted by Gasteiger charge is 1.95. The van der Waals surface area contributed by atoms with E-state index >= 15 is 0 Å². The van der Waals surface area contributed by atoms with E-state index in [9.17, 15) is 4.39 Å². The van der Waals surface area contributed by atoms with E-state index in [1.54, 1.807) is 0 Å². The average Bonchev–Trinajstić information content (AvgIpc) is 2.14. The van der Waals surface area contributed by atoms with Gasteiger partial charge in [-0.3, -0.25) is 0 Å². The van der Waals surface area contributed by atoms with Crippen molar-refractivity contribution in [3.8, 4) is 0 Å². The van der Waals surface area contributed by atoms with Crippen molar-refractivity contribution >= 4 is 22.6 Å². The van der Waals surface area contributed by atoms with Gasteiger partial charge in [0, 0.05) is 11.0 Å². The lowest BCUT2D eigenvalue weighted by atomic mass is 10.9. The number of imidazole rings is 1. The largest absolute Gasteiger partial charge is 0.241 e. The molecule has 8 heavy (non-hydrogen) atoms. The first kappa shape index (κ1) is 5.97. The minimum atomic E-state index is -0.384. The summed E-state index contributed by atoms with van der Waals surface area (Å²) in [6.07, 6.45) is 2.48. The molecule has 44 valence electrons. The number of halogens is 1. The molecule has 1 aromatic rings. The maximum absolute atomic E-state index is 12.2. The number of thiol groups is 1. The second kappa shape index (κ2) is 2.41. The van der Waals surface area contributed by atoms with Gasteiger partial charge in [0.25, 0.3) is 0 Å². The van der Waals surface area contributed by atoms with Crippen LogP contribution in [0.1, 0.15) is 0 Å². The maximum Gasteiger partial charge on any atom is 0.224 e. The molecule has 0 aliphatic heterocycles. The van der Waals surface area contributed by atoms with Crippen LogP contribution in [0.2, 0.25) is 0 Å². The van der Waals surface area contributed by atoms with Gasteiger partial charge in [-0.15, -0.1) is 0 Å². The van der Waals surface area contributed by atoms with E-state index in [2.05, 4.69) is 16.6 Å². The van der Waals surface area contributed by atoms with E-state index in [0.717, 1.165) is 17.2 Å². The number of aromatic nitrogens is 2. The van der Waals surface area contributed by atoms with Crippen LogP contribution in [0.5, 0.6) is 0 Å². The third kappa shape index (κ3) is 0.976. The fourth-order valence-electron chi connectivity index (χ4n) is 0.328. The Bertz CT molecular complexity index is 176. The van der Waals surface area contributed by atoms with Crippen LogP contribution >= 0.6 is 22.6 Å². The molecular formula is C3H3FN2S2. The first-order valence-corrected chi connectivity index (χ1v) is 3.67. The quantitative estimate of drug-likeness (QED) is 0.481. The second-order valence-electron chi connectivity index (χ2n) is 1.12. The van der Waals surface area contributed by atoms with Crippen LogP contribution < -0.4 is 0 Å². The summed E-state index contributed by atoms with van der Waals surface area (Å²) in [7, 11) is 0.976. The molecule has 0 aliphatic carbocycles. The molecule has 5 heteroatoms. The molecule has 1 rings (SSSR count). The van der Waals surface area contributed by atoms with Gasteiger partial charge in [0.2, 0.25) is 5.95 Å². The van der Waals surface area contributed by atoms with Crippen molar-refractivity contribution in [2.24, 2.45) is 0 Å². The summed E-state index contributed by atoms with van der Waals surface area (Å²) < 4.78 is 13.4. The lowest BCUT2D eigenvalue weighted by Crippen LogP contribution is -1.81. The highest BCUT2D eigenvalue weighted by atomic mass is 33.1. The Labute approximate surface area is 55.0 Å². The molecule has 1 heterocycles. The summed E-state index contributed by atoms with van der Waals surface area (Å²) >= 11 is 3.75. The van der Waals surface area contributed by atoms with Crippen LogP contribution in [0.15, 0.2) is 12.5 Å². The zero-order valence-electron chi connectivity index (χ0n) is 3.78. The fraction of sp³-hybridized carbons (Fsp3) is 0. The predicted octanol–water partition coefficient (Wildman–Crippen LogP) is 1.36. The summed E-state index contributed by atoms with van der Waals surface area (Å²) in [5.74, 6) is -0.384. The molecule has 1 aromatic heterocycles. The van der Waals surface area contributed by atoms with Crippen molar-refractivity contribution in [3.63, 3.8) is 0 Å². The van der Waals surface area contributed by atoms with Crippen LogP contribution in [-0.4, -0.2) is 8.96 Å².